The monoisotopic (exact) mass is 356 g/mol. The number of hydrogen-bond donors (Lipinski definition) is 1. The largest absolute Gasteiger partial charge is 0.320 e. The minimum atomic E-state index is -0.603. The number of tetrazole rings is 1. The van der Waals surface area contributed by atoms with Crippen LogP contribution in [0.5, 0.6) is 0 Å². The van der Waals surface area contributed by atoms with Crippen molar-refractivity contribution < 1.29 is 9.72 Å². The summed E-state index contributed by atoms with van der Waals surface area (Å²) in [7, 11) is 0. The Morgan fingerprint density at radius 2 is 2.26 bits per heavy atom. The van der Waals surface area contributed by atoms with Crippen LogP contribution in [-0.4, -0.2) is 36.8 Å². The van der Waals surface area contributed by atoms with E-state index < -0.39 is 10.8 Å². The maximum absolute atomic E-state index is 12.0. The quantitative estimate of drug-likeness (QED) is 0.480. The molecule has 1 amide bonds. The third kappa shape index (κ3) is 4.39. The highest BCUT2D eigenvalue weighted by atomic mass is 35.5. The van der Waals surface area contributed by atoms with Gasteiger partial charge in [-0.15, -0.1) is 5.10 Å². The summed E-state index contributed by atoms with van der Waals surface area (Å²) in [4.78, 5) is 22.4. The van der Waals surface area contributed by atoms with Crippen LogP contribution in [0.1, 0.15) is 19.9 Å². The fourth-order valence-electron chi connectivity index (χ4n) is 1.68. The molecule has 0 aliphatic carbocycles. The zero-order chi connectivity index (χ0) is 17.0. The molecule has 0 aliphatic rings. The Labute approximate surface area is 140 Å². The first kappa shape index (κ1) is 17.2. The Hall–Kier alpha value is -2.20. The number of carbonyl (C=O) groups excluding carboxylic acids is 1. The summed E-state index contributed by atoms with van der Waals surface area (Å²) in [5, 5.41) is 25.4. The highest BCUT2D eigenvalue weighted by Gasteiger charge is 2.17. The van der Waals surface area contributed by atoms with Crippen molar-refractivity contribution in [1.29, 1.82) is 0 Å². The Morgan fingerprint density at radius 3 is 2.91 bits per heavy atom. The Balaban J connectivity index is 2.03. The second-order valence-corrected chi connectivity index (χ2v) is 6.13. The van der Waals surface area contributed by atoms with Crippen LogP contribution >= 0.6 is 23.4 Å². The third-order valence-electron chi connectivity index (χ3n) is 2.71. The number of benzene rings is 1. The Kier molecular flexibility index (Phi) is 5.50. The van der Waals surface area contributed by atoms with Gasteiger partial charge in [0.05, 0.1) is 16.7 Å². The van der Waals surface area contributed by atoms with Gasteiger partial charge in [-0.1, -0.05) is 23.4 Å². The molecule has 1 aromatic carbocycles. The first-order valence-electron chi connectivity index (χ1n) is 6.53. The molecule has 23 heavy (non-hydrogen) atoms. The predicted molar refractivity (Wildman–Crippen MR) is 85.7 cm³/mol. The molecule has 11 heteroatoms. The van der Waals surface area contributed by atoms with E-state index in [2.05, 4.69) is 20.8 Å². The Morgan fingerprint density at radius 1 is 1.52 bits per heavy atom. The van der Waals surface area contributed by atoms with Crippen LogP contribution < -0.4 is 5.32 Å². The summed E-state index contributed by atoms with van der Waals surface area (Å²) in [6, 6.07) is 4.11. The van der Waals surface area contributed by atoms with E-state index in [1.54, 1.807) is 4.68 Å². The van der Waals surface area contributed by atoms with Crippen LogP contribution in [0.4, 0.5) is 11.4 Å². The number of nitrogens with zero attached hydrogens (tertiary/aromatic N) is 5. The molecule has 1 heterocycles. The van der Waals surface area contributed by atoms with Gasteiger partial charge in [-0.25, -0.2) is 4.68 Å². The lowest BCUT2D eigenvalue weighted by Crippen LogP contribution is -2.16. The van der Waals surface area contributed by atoms with Crippen molar-refractivity contribution in [1.82, 2.24) is 20.2 Å². The molecule has 0 spiro atoms. The van der Waals surface area contributed by atoms with E-state index in [1.807, 2.05) is 13.8 Å². The van der Waals surface area contributed by atoms with Gasteiger partial charge in [-0.2, -0.15) is 0 Å². The van der Waals surface area contributed by atoms with Gasteiger partial charge in [-0.05, 0) is 36.4 Å². The van der Waals surface area contributed by atoms with E-state index in [0.29, 0.717) is 5.16 Å². The number of rotatable bonds is 6. The second kappa shape index (κ2) is 7.38. The molecule has 0 saturated heterocycles. The van der Waals surface area contributed by atoms with E-state index in [0.717, 1.165) is 11.8 Å². The average Bonchev–Trinajstić information content (AvgIpc) is 2.95. The van der Waals surface area contributed by atoms with Crippen LogP contribution in [-0.2, 0) is 4.79 Å². The summed E-state index contributed by atoms with van der Waals surface area (Å²) >= 11 is 6.87. The molecule has 122 valence electrons. The maximum Gasteiger partial charge on any atom is 0.294 e. The molecule has 0 fully saturated rings. The van der Waals surface area contributed by atoms with Gasteiger partial charge in [0.1, 0.15) is 5.69 Å². The molecule has 9 nitrogen and oxygen atoms in total. The SMILES string of the molecule is CC(C)n1nnnc1SCC(=O)Nc1ccc(Cl)cc1[N+](=O)[O-]. The van der Waals surface area contributed by atoms with Crippen molar-refractivity contribution in [3.63, 3.8) is 0 Å². The van der Waals surface area contributed by atoms with Gasteiger partial charge in [0.15, 0.2) is 0 Å². The van der Waals surface area contributed by atoms with Crippen molar-refractivity contribution in [2.24, 2.45) is 0 Å². The summed E-state index contributed by atoms with van der Waals surface area (Å²) in [5.41, 5.74) is -0.170. The van der Waals surface area contributed by atoms with Crippen LogP contribution in [0, 0.1) is 10.1 Å². The molecule has 0 bridgehead atoms. The minimum absolute atomic E-state index is 0.0207. The molecule has 1 aromatic heterocycles. The second-order valence-electron chi connectivity index (χ2n) is 4.76. The van der Waals surface area contributed by atoms with E-state index in [1.165, 1.54) is 18.2 Å². The van der Waals surface area contributed by atoms with Crippen molar-refractivity contribution in [2.45, 2.75) is 25.0 Å². The highest BCUT2D eigenvalue weighted by molar-refractivity contribution is 7.99. The van der Waals surface area contributed by atoms with Gasteiger partial charge >= 0.3 is 0 Å². The smallest absolute Gasteiger partial charge is 0.294 e. The van der Waals surface area contributed by atoms with Gasteiger partial charge in [0.25, 0.3) is 5.69 Å². The lowest BCUT2D eigenvalue weighted by Gasteiger charge is -2.08. The lowest BCUT2D eigenvalue weighted by molar-refractivity contribution is -0.383. The number of nitrogens with one attached hydrogen (secondary N) is 1. The molecular formula is C12H13ClN6O3S. The maximum atomic E-state index is 12.0. The lowest BCUT2D eigenvalue weighted by atomic mass is 10.2. The topological polar surface area (TPSA) is 116 Å². The molecule has 0 radical (unpaired) electrons. The number of amides is 1. The third-order valence-corrected chi connectivity index (χ3v) is 3.88. The molecule has 0 unspecified atom stereocenters. The van der Waals surface area contributed by atoms with Crippen molar-refractivity contribution in [2.75, 3.05) is 11.1 Å². The molecule has 1 N–H and O–H groups in total. The number of nitro groups is 1. The number of hydrogen-bond acceptors (Lipinski definition) is 7. The summed E-state index contributed by atoms with van der Waals surface area (Å²) in [6.45, 7) is 3.83. The molecule has 0 aliphatic heterocycles. The van der Waals surface area contributed by atoms with Gasteiger partial charge in [-0.3, -0.25) is 14.9 Å². The fourth-order valence-corrected chi connectivity index (χ4v) is 2.66. The van der Waals surface area contributed by atoms with Gasteiger partial charge in [0.2, 0.25) is 11.1 Å². The first-order valence-corrected chi connectivity index (χ1v) is 7.89. The average molecular weight is 357 g/mol. The molecular weight excluding hydrogens is 344 g/mol. The van der Waals surface area contributed by atoms with Crippen molar-refractivity contribution in [3.8, 4) is 0 Å². The molecule has 2 rings (SSSR count). The molecule has 0 atom stereocenters. The van der Waals surface area contributed by atoms with Crippen LogP contribution in [0.25, 0.3) is 0 Å². The molecule has 2 aromatic rings. The normalized spacial score (nSPS) is 10.8. The highest BCUT2D eigenvalue weighted by Crippen LogP contribution is 2.28. The fraction of sp³-hybridized carbons (Fsp3) is 0.333. The number of nitro benzene ring substituents is 1. The van der Waals surface area contributed by atoms with Gasteiger partial charge in [0, 0.05) is 11.1 Å². The van der Waals surface area contributed by atoms with E-state index >= 15 is 0 Å². The number of halogens is 1. The summed E-state index contributed by atoms with van der Waals surface area (Å²) in [5.74, 6) is -0.383. The van der Waals surface area contributed by atoms with E-state index in [-0.39, 0.29) is 28.2 Å². The number of anilines is 1. The predicted octanol–water partition coefficient (Wildman–Crippen LogP) is 2.55. The van der Waals surface area contributed by atoms with Crippen molar-refractivity contribution in [3.05, 3.63) is 33.3 Å². The van der Waals surface area contributed by atoms with E-state index in [4.69, 9.17) is 11.6 Å². The first-order chi connectivity index (χ1) is 10.9. The van der Waals surface area contributed by atoms with Crippen LogP contribution in [0.15, 0.2) is 23.4 Å². The zero-order valence-corrected chi connectivity index (χ0v) is 13.8. The number of aromatic nitrogens is 4. The summed E-state index contributed by atoms with van der Waals surface area (Å²) in [6.07, 6.45) is 0. The van der Waals surface area contributed by atoms with Crippen LogP contribution in [0.3, 0.4) is 0 Å². The zero-order valence-electron chi connectivity index (χ0n) is 12.3. The van der Waals surface area contributed by atoms with Crippen LogP contribution in [0.2, 0.25) is 5.02 Å². The molecule has 0 saturated carbocycles. The van der Waals surface area contributed by atoms with E-state index in [9.17, 15) is 14.9 Å². The van der Waals surface area contributed by atoms with Gasteiger partial charge < -0.3 is 5.32 Å². The standard InChI is InChI=1S/C12H13ClN6O3S/c1-7(2)18-12(15-16-17-18)23-6-11(20)14-9-4-3-8(13)5-10(9)19(21)22/h3-5,7H,6H2,1-2H3,(H,14,20). The Bertz CT molecular complexity index is 735. The number of carbonyl (C=O) groups is 1. The number of thioether (sulfide) groups is 1. The minimum Gasteiger partial charge on any atom is -0.320 e. The van der Waals surface area contributed by atoms with Crippen molar-refractivity contribution >= 4 is 40.6 Å². The summed E-state index contributed by atoms with van der Waals surface area (Å²) < 4.78 is 1.59.